The fourth-order valence-electron chi connectivity index (χ4n) is 2.08. The molecule has 0 spiro atoms. The van der Waals surface area contributed by atoms with E-state index in [4.69, 9.17) is 69.6 Å². The monoisotopic (exact) mass is 386 g/mol. The number of rotatable bonds is 2. The lowest BCUT2D eigenvalue weighted by Gasteiger charge is -2.19. The Bertz CT molecular complexity index is 561. The van der Waals surface area contributed by atoms with Crippen LogP contribution in [0.1, 0.15) is 24.0 Å². The zero-order valence-corrected chi connectivity index (χ0v) is 14.7. The lowest BCUT2D eigenvalue weighted by molar-refractivity contribution is 0.923. The predicted octanol–water partition coefficient (Wildman–Crippen LogP) is 7.76. The fourth-order valence-corrected chi connectivity index (χ4v) is 4.37. The van der Waals surface area contributed by atoms with Crippen LogP contribution in [0.15, 0.2) is 24.3 Å². The van der Waals surface area contributed by atoms with Crippen molar-refractivity contribution in [3.05, 3.63) is 65.5 Å². The first-order valence-electron chi connectivity index (χ1n) is 5.60. The summed E-state index contributed by atoms with van der Waals surface area (Å²) in [5.41, 5.74) is 1.45. The van der Waals surface area contributed by atoms with Crippen molar-refractivity contribution in [2.45, 2.75) is 12.8 Å². The van der Waals surface area contributed by atoms with Gasteiger partial charge in [-0.1, -0.05) is 76.5 Å². The largest absolute Gasteiger partial charge is 0.0842 e. The van der Waals surface area contributed by atoms with Crippen molar-refractivity contribution >= 4 is 69.6 Å². The van der Waals surface area contributed by atoms with Gasteiger partial charge in [0, 0.05) is 36.1 Å². The first kappa shape index (κ1) is 16.5. The van der Waals surface area contributed by atoms with Crippen LogP contribution in [-0.2, 0) is 0 Å². The SMILES string of the molecule is CC(c1c(Cl)cc(Cl)cc1Cl)c1c(Cl)cc(Cl)cc1Cl. The van der Waals surface area contributed by atoms with Crippen molar-refractivity contribution in [3.63, 3.8) is 0 Å². The average molecular weight is 389 g/mol. The van der Waals surface area contributed by atoms with Crippen LogP contribution in [-0.4, -0.2) is 0 Å². The second-order valence-electron chi connectivity index (χ2n) is 4.29. The summed E-state index contributed by atoms with van der Waals surface area (Å²) >= 11 is 36.8. The lowest BCUT2D eigenvalue weighted by Crippen LogP contribution is -2.00. The highest BCUT2D eigenvalue weighted by atomic mass is 35.5. The molecule has 0 unspecified atom stereocenters. The Morgan fingerprint density at radius 2 is 0.850 bits per heavy atom. The van der Waals surface area contributed by atoms with Crippen molar-refractivity contribution in [2.24, 2.45) is 0 Å². The number of hydrogen-bond donors (Lipinski definition) is 0. The van der Waals surface area contributed by atoms with Gasteiger partial charge in [0.1, 0.15) is 0 Å². The van der Waals surface area contributed by atoms with E-state index in [1.165, 1.54) is 0 Å². The third-order valence-corrected chi connectivity index (χ3v) is 4.64. The van der Waals surface area contributed by atoms with Crippen molar-refractivity contribution in [3.8, 4) is 0 Å². The van der Waals surface area contributed by atoms with Gasteiger partial charge in [-0.05, 0) is 35.4 Å². The summed E-state index contributed by atoms with van der Waals surface area (Å²) < 4.78 is 0. The third-order valence-electron chi connectivity index (χ3n) is 2.95. The maximum Gasteiger partial charge on any atom is 0.0473 e. The molecule has 0 aromatic heterocycles. The molecule has 0 N–H and O–H groups in total. The van der Waals surface area contributed by atoms with Crippen LogP contribution >= 0.6 is 69.6 Å². The molecule has 2 aromatic carbocycles. The van der Waals surface area contributed by atoms with Gasteiger partial charge >= 0.3 is 0 Å². The molecule has 106 valence electrons. The Balaban J connectivity index is 2.61. The maximum absolute atomic E-state index is 6.23. The third kappa shape index (κ3) is 3.32. The summed E-state index contributed by atoms with van der Waals surface area (Å²) in [4.78, 5) is 0. The Morgan fingerprint density at radius 3 is 1.10 bits per heavy atom. The minimum absolute atomic E-state index is 0.190. The van der Waals surface area contributed by atoms with Crippen molar-refractivity contribution < 1.29 is 0 Å². The highest BCUT2D eigenvalue weighted by Gasteiger charge is 2.21. The molecule has 0 amide bonds. The summed E-state index contributed by atoms with van der Waals surface area (Å²) in [7, 11) is 0. The van der Waals surface area contributed by atoms with E-state index in [0.717, 1.165) is 11.1 Å². The van der Waals surface area contributed by atoms with Crippen LogP contribution in [0, 0.1) is 0 Å². The van der Waals surface area contributed by atoms with Crippen LogP contribution in [0.25, 0.3) is 0 Å². The van der Waals surface area contributed by atoms with Gasteiger partial charge in [-0.25, -0.2) is 0 Å². The summed E-state index contributed by atoms with van der Waals surface area (Å²) in [5.74, 6) is -0.190. The molecule has 2 rings (SSSR count). The summed E-state index contributed by atoms with van der Waals surface area (Å²) in [6, 6.07) is 6.55. The van der Waals surface area contributed by atoms with Crippen LogP contribution in [0.4, 0.5) is 0 Å². The fraction of sp³-hybridized carbons (Fsp3) is 0.143. The molecule has 0 atom stereocenters. The number of hydrogen-bond acceptors (Lipinski definition) is 0. The van der Waals surface area contributed by atoms with E-state index in [1.807, 2.05) is 6.92 Å². The van der Waals surface area contributed by atoms with Gasteiger partial charge in [-0.15, -0.1) is 0 Å². The molecule has 0 fully saturated rings. The van der Waals surface area contributed by atoms with E-state index in [9.17, 15) is 0 Å². The average Bonchev–Trinajstić information content (AvgIpc) is 2.25. The molecule has 0 saturated heterocycles. The molecule has 0 aliphatic carbocycles. The minimum atomic E-state index is -0.190. The first-order valence-corrected chi connectivity index (χ1v) is 7.87. The highest BCUT2D eigenvalue weighted by molar-refractivity contribution is 6.41. The number of benzene rings is 2. The molecule has 0 nitrogen and oxygen atoms in total. The topological polar surface area (TPSA) is 0 Å². The molecule has 6 heteroatoms. The minimum Gasteiger partial charge on any atom is -0.0842 e. The van der Waals surface area contributed by atoms with Crippen molar-refractivity contribution in [1.82, 2.24) is 0 Å². The number of halogens is 6. The second-order valence-corrected chi connectivity index (χ2v) is 6.79. The summed E-state index contributed by atoms with van der Waals surface area (Å²) in [6.07, 6.45) is 0. The highest BCUT2D eigenvalue weighted by Crippen LogP contribution is 2.43. The second kappa shape index (κ2) is 6.52. The molecular weight excluding hydrogens is 381 g/mol. The standard InChI is InChI=1S/C14H8Cl6/c1-6(13-9(17)2-7(15)3-10(13)18)14-11(19)4-8(16)5-12(14)20/h2-6H,1H3. The predicted molar refractivity (Wildman–Crippen MR) is 90.5 cm³/mol. The maximum atomic E-state index is 6.23. The zero-order chi connectivity index (χ0) is 15.0. The molecule has 20 heavy (non-hydrogen) atoms. The van der Waals surface area contributed by atoms with Gasteiger partial charge in [0.2, 0.25) is 0 Å². The van der Waals surface area contributed by atoms with Crippen LogP contribution in [0.2, 0.25) is 30.1 Å². The molecule has 0 radical (unpaired) electrons. The van der Waals surface area contributed by atoms with Gasteiger partial charge < -0.3 is 0 Å². The van der Waals surface area contributed by atoms with E-state index in [-0.39, 0.29) is 5.92 Å². The Morgan fingerprint density at radius 1 is 0.600 bits per heavy atom. The zero-order valence-electron chi connectivity index (χ0n) is 10.2. The van der Waals surface area contributed by atoms with Gasteiger partial charge in [0.15, 0.2) is 0 Å². The summed E-state index contributed by atoms with van der Waals surface area (Å²) in [6.45, 7) is 1.92. The van der Waals surface area contributed by atoms with Gasteiger partial charge in [-0.2, -0.15) is 0 Å². The normalized spacial score (nSPS) is 11.2. The van der Waals surface area contributed by atoms with E-state index in [1.54, 1.807) is 24.3 Å². The van der Waals surface area contributed by atoms with Gasteiger partial charge in [0.05, 0.1) is 0 Å². The van der Waals surface area contributed by atoms with E-state index < -0.39 is 0 Å². The Kier molecular flexibility index (Phi) is 5.40. The smallest absolute Gasteiger partial charge is 0.0473 e. The van der Waals surface area contributed by atoms with E-state index in [0.29, 0.717) is 30.1 Å². The quantitative estimate of drug-likeness (QED) is 0.493. The Hall–Kier alpha value is 0.180. The molecule has 0 bridgehead atoms. The molecule has 0 saturated carbocycles. The molecular formula is C14H8Cl6. The van der Waals surface area contributed by atoms with Crippen LogP contribution in [0.3, 0.4) is 0 Å². The lowest BCUT2D eigenvalue weighted by atomic mass is 9.93. The molecule has 0 heterocycles. The molecule has 0 aliphatic heterocycles. The molecule has 0 aliphatic rings. The molecule has 2 aromatic rings. The van der Waals surface area contributed by atoms with Gasteiger partial charge in [-0.3, -0.25) is 0 Å². The van der Waals surface area contributed by atoms with Crippen molar-refractivity contribution in [2.75, 3.05) is 0 Å². The van der Waals surface area contributed by atoms with E-state index in [2.05, 4.69) is 0 Å². The Labute approximate surface area is 147 Å². The van der Waals surface area contributed by atoms with Crippen LogP contribution < -0.4 is 0 Å². The first-order chi connectivity index (χ1) is 9.31. The van der Waals surface area contributed by atoms with Gasteiger partial charge in [0.25, 0.3) is 0 Å². The van der Waals surface area contributed by atoms with Crippen LogP contribution in [0.5, 0.6) is 0 Å². The van der Waals surface area contributed by atoms with E-state index >= 15 is 0 Å². The van der Waals surface area contributed by atoms with Crippen molar-refractivity contribution in [1.29, 1.82) is 0 Å². The summed E-state index contributed by atoms with van der Waals surface area (Å²) in [5, 5.41) is 2.83.